The summed E-state index contributed by atoms with van der Waals surface area (Å²) in [6.45, 7) is 6.21. The van der Waals surface area contributed by atoms with Gasteiger partial charge in [0.25, 0.3) is 5.69 Å². The lowest BCUT2D eigenvalue weighted by Crippen LogP contribution is -2.29. The largest absolute Gasteiger partial charge is 0.318 e. The molecule has 7 nitrogen and oxygen atoms in total. The zero-order valence-corrected chi connectivity index (χ0v) is 15.3. The molecular formula is C18H18ClN3O4. The number of hydrogen-bond acceptors (Lipinski definition) is 4. The molecule has 0 aliphatic rings. The number of benzene rings is 2. The first-order valence-electron chi connectivity index (χ1n) is 7.75. The monoisotopic (exact) mass is 375 g/mol. The number of amides is 2. The lowest BCUT2D eigenvalue weighted by molar-refractivity contribution is -0.384. The Morgan fingerprint density at radius 1 is 0.962 bits per heavy atom. The molecule has 2 rings (SSSR count). The van der Waals surface area contributed by atoms with Crippen LogP contribution >= 0.6 is 11.6 Å². The van der Waals surface area contributed by atoms with E-state index in [-0.39, 0.29) is 21.8 Å². The van der Waals surface area contributed by atoms with Crippen LogP contribution in [0.4, 0.5) is 17.1 Å². The molecule has 0 saturated carbocycles. The van der Waals surface area contributed by atoms with Crippen LogP contribution in [0.25, 0.3) is 0 Å². The number of nitro benzene ring substituents is 1. The van der Waals surface area contributed by atoms with Crippen LogP contribution in [0.1, 0.15) is 26.3 Å². The molecule has 2 aromatic carbocycles. The summed E-state index contributed by atoms with van der Waals surface area (Å²) in [5.41, 5.74) is 1.28. The third-order valence-corrected chi connectivity index (χ3v) is 3.94. The first-order valence-corrected chi connectivity index (χ1v) is 8.12. The molecule has 0 radical (unpaired) electrons. The highest BCUT2D eigenvalue weighted by Gasteiger charge is 2.18. The Labute approximate surface area is 155 Å². The maximum absolute atomic E-state index is 12.0. The van der Waals surface area contributed by atoms with Crippen molar-refractivity contribution in [2.24, 2.45) is 0 Å². The van der Waals surface area contributed by atoms with Gasteiger partial charge in [-0.25, -0.2) is 0 Å². The summed E-state index contributed by atoms with van der Waals surface area (Å²) in [5.74, 6) is -1.83. The number of carbonyl (C=O) groups excluding carboxylic acids is 2. The van der Waals surface area contributed by atoms with Gasteiger partial charge in [-0.2, -0.15) is 0 Å². The van der Waals surface area contributed by atoms with Crippen molar-refractivity contribution in [2.45, 2.75) is 26.2 Å². The summed E-state index contributed by atoms with van der Waals surface area (Å²) in [7, 11) is 0. The van der Waals surface area contributed by atoms with Gasteiger partial charge in [0.15, 0.2) is 0 Å². The third-order valence-electron chi connectivity index (χ3n) is 3.62. The summed E-state index contributed by atoms with van der Waals surface area (Å²) >= 11 is 5.71. The standard InChI is InChI=1S/C18H18ClN3O4/c1-18(2,3)11-4-6-12(7-5-11)20-16(23)17(24)21-13-8-9-14(19)15(10-13)22(25)26/h4-10H,1-3H3,(H,20,23)(H,21,24). The van der Waals surface area contributed by atoms with E-state index in [1.165, 1.54) is 12.1 Å². The third kappa shape index (κ3) is 4.80. The zero-order chi connectivity index (χ0) is 19.5. The lowest BCUT2D eigenvalue weighted by Gasteiger charge is -2.19. The van der Waals surface area contributed by atoms with Crippen molar-refractivity contribution in [2.75, 3.05) is 10.6 Å². The molecule has 2 N–H and O–H groups in total. The Bertz CT molecular complexity index is 858. The van der Waals surface area contributed by atoms with Gasteiger partial charge in [0.1, 0.15) is 5.02 Å². The van der Waals surface area contributed by atoms with Crippen molar-refractivity contribution < 1.29 is 14.5 Å². The maximum Gasteiger partial charge on any atom is 0.314 e. The molecule has 0 aromatic heterocycles. The highest BCUT2D eigenvalue weighted by Crippen LogP contribution is 2.27. The second-order valence-electron chi connectivity index (χ2n) is 6.66. The van der Waals surface area contributed by atoms with Gasteiger partial charge in [0.05, 0.1) is 4.92 Å². The Morgan fingerprint density at radius 3 is 1.96 bits per heavy atom. The van der Waals surface area contributed by atoms with E-state index in [0.717, 1.165) is 11.6 Å². The van der Waals surface area contributed by atoms with E-state index in [2.05, 4.69) is 31.4 Å². The highest BCUT2D eigenvalue weighted by atomic mass is 35.5. The number of nitrogens with zero attached hydrogens (tertiary/aromatic N) is 1. The van der Waals surface area contributed by atoms with Crippen LogP contribution in [0.15, 0.2) is 42.5 Å². The Hall–Kier alpha value is -2.93. The quantitative estimate of drug-likeness (QED) is 0.478. The van der Waals surface area contributed by atoms with Gasteiger partial charge < -0.3 is 10.6 Å². The second kappa shape index (κ2) is 7.53. The van der Waals surface area contributed by atoms with Crippen LogP contribution in [-0.4, -0.2) is 16.7 Å². The van der Waals surface area contributed by atoms with Crippen LogP contribution in [0.2, 0.25) is 5.02 Å². The summed E-state index contributed by atoms with van der Waals surface area (Å²) < 4.78 is 0. The summed E-state index contributed by atoms with van der Waals surface area (Å²) in [6.07, 6.45) is 0. The summed E-state index contributed by atoms with van der Waals surface area (Å²) in [5, 5.41) is 15.6. The van der Waals surface area contributed by atoms with Gasteiger partial charge in [-0.05, 0) is 35.2 Å². The highest BCUT2D eigenvalue weighted by molar-refractivity contribution is 6.43. The van der Waals surface area contributed by atoms with E-state index in [4.69, 9.17) is 11.6 Å². The summed E-state index contributed by atoms with van der Waals surface area (Å²) in [6, 6.07) is 10.9. The molecule has 0 atom stereocenters. The molecular weight excluding hydrogens is 358 g/mol. The maximum atomic E-state index is 12.0. The van der Waals surface area contributed by atoms with Crippen LogP contribution in [0.3, 0.4) is 0 Å². The average Bonchev–Trinajstić information content (AvgIpc) is 2.56. The lowest BCUT2D eigenvalue weighted by atomic mass is 9.87. The Morgan fingerprint density at radius 2 is 1.46 bits per heavy atom. The van der Waals surface area contributed by atoms with Crippen LogP contribution in [0, 0.1) is 10.1 Å². The SMILES string of the molecule is CC(C)(C)c1ccc(NC(=O)C(=O)Nc2ccc(Cl)c([N+](=O)[O-])c2)cc1. The first-order chi connectivity index (χ1) is 12.1. The molecule has 0 heterocycles. The van der Waals surface area contributed by atoms with Crippen molar-refractivity contribution >= 4 is 40.5 Å². The minimum Gasteiger partial charge on any atom is -0.318 e. The van der Waals surface area contributed by atoms with E-state index in [1.54, 1.807) is 12.1 Å². The van der Waals surface area contributed by atoms with Gasteiger partial charge >= 0.3 is 11.8 Å². The second-order valence-corrected chi connectivity index (χ2v) is 7.07. The topological polar surface area (TPSA) is 101 Å². The Balaban J connectivity index is 2.05. The van der Waals surface area contributed by atoms with E-state index < -0.39 is 16.7 Å². The molecule has 2 amide bonds. The molecule has 26 heavy (non-hydrogen) atoms. The number of nitrogens with one attached hydrogen (secondary N) is 2. The van der Waals surface area contributed by atoms with Gasteiger partial charge in [0.2, 0.25) is 0 Å². The molecule has 0 aliphatic heterocycles. The van der Waals surface area contributed by atoms with Crippen LogP contribution in [0.5, 0.6) is 0 Å². The smallest absolute Gasteiger partial charge is 0.314 e. The van der Waals surface area contributed by atoms with E-state index >= 15 is 0 Å². The Kier molecular flexibility index (Phi) is 5.62. The fourth-order valence-electron chi connectivity index (χ4n) is 2.16. The minimum absolute atomic E-state index is 0.0246. The van der Waals surface area contributed by atoms with Crippen LogP contribution < -0.4 is 10.6 Å². The minimum atomic E-state index is -0.943. The van der Waals surface area contributed by atoms with Crippen molar-refractivity contribution in [1.29, 1.82) is 0 Å². The number of carbonyl (C=O) groups is 2. The molecule has 0 spiro atoms. The van der Waals surface area contributed by atoms with Gasteiger partial charge in [-0.3, -0.25) is 19.7 Å². The number of hydrogen-bond donors (Lipinski definition) is 2. The van der Waals surface area contributed by atoms with Crippen LogP contribution in [-0.2, 0) is 15.0 Å². The summed E-state index contributed by atoms with van der Waals surface area (Å²) in [4.78, 5) is 34.2. The number of nitro groups is 1. The predicted octanol–water partition coefficient (Wildman–Crippen LogP) is 4.12. The molecule has 8 heteroatoms. The zero-order valence-electron chi connectivity index (χ0n) is 14.5. The van der Waals surface area contributed by atoms with E-state index in [0.29, 0.717) is 5.69 Å². The first kappa shape index (κ1) is 19.4. The molecule has 2 aromatic rings. The van der Waals surface area contributed by atoms with E-state index in [1.807, 2.05) is 12.1 Å². The molecule has 0 unspecified atom stereocenters. The molecule has 0 bridgehead atoms. The van der Waals surface area contributed by atoms with Crippen molar-refractivity contribution in [3.63, 3.8) is 0 Å². The van der Waals surface area contributed by atoms with Crippen molar-refractivity contribution in [3.8, 4) is 0 Å². The molecule has 136 valence electrons. The van der Waals surface area contributed by atoms with Crippen molar-refractivity contribution in [1.82, 2.24) is 0 Å². The normalized spacial score (nSPS) is 10.9. The van der Waals surface area contributed by atoms with Gasteiger partial charge in [0, 0.05) is 17.4 Å². The fraction of sp³-hybridized carbons (Fsp3) is 0.222. The average molecular weight is 376 g/mol. The molecule has 0 aliphatic carbocycles. The number of rotatable bonds is 3. The van der Waals surface area contributed by atoms with Gasteiger partial charge in [-0.1, -0.05) is 44.5 Å². The van der Waals surface area contributed by atoms with Gasteiger partial charge in [-0.15, -0.1) is 0 Å². The predicted molar refractivity (Wildman–Crippen MR) is 101 cm³/mol. The van der Waals surface area contributed by atoms with E-state index in [9.17, 15) is 19.7 Å². The number of halogens is 1. The molecule has 0 saturated heterocycles. The fourth-order valence-corrected chi connectivity index (χ4v) is 2.35. The van der Waals surface area contributed by atoms with Crippen molar-refractivity contribution in [3.05, 3.63) is 63.2 Å². The number of anilines is 2. The molecule has 0 fully saturated rings.